The van der Waals surface area contributed by atoms with Crippen LogP contribution in [-0.2, 0) is 17.5 Å². The molecule has 0 unspecified atom stereocenters. The topological polar surface area (TPSA) is 64.0 Å². The second kappa shape index (κ2) is 7.41. The highest BCUT2D eigenvalue weighted by molar-refractivity contribution is 5.83. The molecule has 1 amide bonds. The number of rotatable bonds is 4. The molecule has 0 spiro atoms. The van der Waals surface area contributed by atoms with Crippen LogP contribution in [0.3, 0.4) is 0 Å². The summed E-state index contributed by atoms with van der Waals surface area (Å²) >= 11 is 0. The first-order chi connectivity index (χ1) is 13.2. The van der Waals surface area contributed by atoms with Crippen molar-refractivity contribution in [2.45, 2.75) is 25.7 Å². The van der Waals surface area contributed by atoms with E-state index in [1.807, 2.05) is 0 Å². The molecule has 28 heavy (non-hydrogen) atoms. The van der Waals surface area contributed by atoms with E-state index in [2.05, 4.69) is 10.3 Å². The molecule has 9 heteroatoms. The average Bonchev–Trinajstić information content (AvgIpc) is 2.65. The highest BCUT2D eigenvalue weighted by Crippen LogP contribution is 2.27. The van der Waals surface area contributed by atoms with Gasteiger partial charge in [-0.15, -0.1) is 0 Å². The van der Waals surface area contributed by atoms with Gasteiger partial charge in [0.15, 0.2) is 0 Å². The van der Waals surface area contributed by atoms with E-state index in [4.69, 9.17) is 0 Å². The molecule has 1 N–H and O–H groups in total. The summed E-state index contributed by atoms with van der Waals surface area (Å²) in [4.78, 5) is 28.4. The van der Waals surface area contributed by atoms with Crippen molar-refractivity contribution in [1.29, 1.82) is 0 Å². The number of fused-ring (bicyclic) bond motifs is 1. The van der Waals surface area contributed by atoms with Crippen LogP contribution < -0.4 is 10.9 Å². The average molecular weight is 393 g/mol. The first-order valence-electron chi connectivity index (χ1n) is 8.29. The number of aromatic nitrogens is 2. The lowest BCUT2D eigenvalue weighted by molar-refractivity contribution is -0.142. The van der Waals surface area contributed by atoms with Gasteiger partial charge in [0, 0.05) is 6.54 Å². The third kappa shape index (κ3) is 3.88. The lowest BCUT2D eigenvalue weighted by Gasteiger charge is -2.19. The van der Waals surface area contributed by atoms with Crippen LogP contribution in [0.1, 0.15) is 24.2 Å². The number of hydrogen-bond donors (Lipinski definition) is 1. The van der Waals surface area contributed by atoms with Gasteiger partial charge in [0.2, 0.25) is 11.6 Å². The van der Waals surface area contributed by atoms with Gasteiger partial charge in [0.1, 0.15) is 11.9 Å². The molecule has 1 atom stereocenters. The van der Waals surface area contributed by atoms with Crippen molar-refractivity contribution < 1.29 is 22.4 Å². The Bertz CT molecular complexity index is 1080. The normalized spacial score (nSPS) is 12.8. The molecule has 0 saturated carbocycles. The van der Waals surface area contributed by atoms with Gasteiger partial charge in [-0.1, -0.05) is 24.3 Å². The zero-order chi connectivity index (χ0) is 20.5. The Morgan fingerprint density at radius 3 is 2.43 bits per heavy atom. The van der Waals surface area contributed by atoms with E-state index in [1.165, 1.54) is 55.5 Å². The molecule has 0 aliphatic carbocycles. The zero-order valence-electron chi connectivity index (χ0n) is 14.6. The number of para-hydroxylation sites is 2. The number of nitrogens with zero attached hydrogens (tertiary/aromatic N) is 2. The summed E-state index contributed by atoms with van der Waals surface area (Å²) in [6.07, 6.45) is -4.95. The fourth-order valence-electron chi connectivity index (χ4n) is 2.78. The fraction of sp³-hybridized carbons (Fsp3) is 0.211. The Balaban J connectivity index is 1.97. The van der Waals surface area contributed by atoms with Gasteiger partial charge in [0.05, 0.1) is 11.0 Å². The third-order valence-electron chi connectivity index (χ3n) is 4.21. The van der Waals surface area contributed by atoms with Crippen LogP contribution in [0.5, 0.6) is 0 Å². The van der Waals surface area contributed by atoms with Crippen LogP contribution >= 0.6 is 0 Å². The Morgan fingerprint density at radius 2 is 1.79 bits per heavy atom. The lowest BCUT2D eigenvalue weighted by atomic mass is 10.2. The monoisotopic (exact) mass is 393 g/mol. The van der Waals surface area contributed by atoms with Crippen molar-refractivity contribution >= 4 is 16.9 Å². The molecule has 0 bridgehead atoms. The maximum absolute atomic E-state index is 13.2. The Morgan fingerprint density at radius 1 is 1.14 bits per heavy atom. The van der Waals surface area contributed by atoms with Crippen molar-refractivity contribution in [1.82, 2.24) is 14.9 Å². The highest BCUT2D eigenvalue weighted by atomic mass is 19.4. The second-order valence-corrected chi connectivity index (χ2v) is 6.14. The van der Waals surface area contributed by atoms with E-state index in [9.17, 15) is 27.2 Å². The number of hydrogen-bond acceptors (Lipinski definition) is 3. The molecular weight excluding hydrogens is 378 g/mol. The minimum absolute atomic E-state index is 0.0351. The first-order valence-corrected chi connectivity index (χ1v) is 8.29. The van der Waals surface area contributed by atoms with Gasteiger partial charge in [-0.05, 0) is 36.8 Å². The predicted molar refractivity (Wildman–Crippen MR) is 94.0 cm³/mol. The maximum Gasteiger partial charge on any atom is 0.438 e. The Hall–Kier alpha value is -3.23. The predicted octanol–water partition coefficient (Wildman–Crippen LogP) is 3.43. The standard InChI is InChI=1S/C19H15F4N3O2/c1-11(17(27)24-10-12-6-8-13(20)9-7-12)26-15-5-3-2-4-14(15)25-16(18(26)28)19(21,22)23/h2-9,11H,10H2,1H3,(H,24,27)/t11-/m1/s1. The summed E-state index contributed by atoms with van der Waals surface area (Å²) in [6, 6.07) is 9.95. The third-order valence-corrected chi connectivity index (χ3v) is 4.21. The molecule has 0 radical (unpaired) electrons. The van der Waals surface area contributed by atoms with Crippen LogP contribution in [0, 0.1) is 5.82 Å². The van der Waals surface area contributed by atoms with Crippen LogP contribution in [0.2, 0.25) is 0 Å². The van der Waals surface area contributed by atoms with Crippen molar-refractivity contribution in [3.05, 3.63) is 76.0 Å². The molecule has 1 aromatic heterocycles. The molecule has 3 aromatic rings. The van der Waals surface area contributed by atoms with E-state index in [-0.39, 0.29) is 17.6 Å². The number of carbonyl (C=O) groups excluding carboxylic acids is 1. The quantitative estimate of drug-likeness (QED) is 0.691. The van der Waals surface area contributed by atoms with Gasteiger partial charge in [-0.3, -0.25) is 14.2 Å². The van der Waals surface area contributed by atoms with Gasteiger partial charge in [-0.2, -0.15) is 13.2 Å². The van der Waals surface area contributed by atoms with E-state index < -0.39 is 35.2 Å². The molecular formula is C19H15F4N3O2. The summed E-state index contributed by atoms with van der Waals surface area (Å²) in [5.41, 5.74) is -2.30. The summed E-state index contributed by atoms with van der Waals surface area (Å²) in [5, 5.41) is 2.54. The van der Waals surface area contributed by atoms with Crippen molar-refractivity contribution in [3.63, 3.8) is 0 Å². The van der Waals surface area contributed by atoms with Crippen LogP contribution in [0.25, 0.3) is 11.0 Å². The molecule has 0 saturated heterocycles. The van der Waals surface area contributed by atoms with E-state index in [0.29, 0.717) is 5.56 Å². The van der Waals surface area contributed by atoms with Gasteiger partial charge >= 0.3 is 6.18 Å². The molecule has 2 aromatic carbocycles. The SMILES string of the molecule is C[C@H](C(=O)NCc1ccc(F)cc1)n1c(=O)c(C(F)(F)F)nc2ccccc21. The molecule has 0 aliphatic heterocycles. The summed E-state index contributed by atoms with van der Waals surface area (Å²) in [6.45, 7) is 1.36. The molecule has 3 rings (SSSR count). The number of halogens is 4. The van der Waals surface area contributed by atoms with Crippen molar-refractivity contribution in [2.75, 3.05) is 0 Å². The number of benzene rings is 2. The van der Waals surface area contributed by atoms with Crippen LogP contribution in [-0.4, -0.2) is 15.5 Å². The summed E-state index contributed by atoms with van der Waals surface area (Å²) < 4.78 is 53.4. The summed E-state index contributed by atoms with van der Waals surface area (Å²) in [5.74, 6) is -1.09. The summed E-state index contributed by atoms with van der Waals surface area (Å²) in [7, 11) is 0. The molecule has 5 nitrogen and oxygen atoms in total. The van der Waals surface area contributed by atoms with Crippen molar-refractivity contribution in [2.24, 2.45) is 0 Å². The van der Waals surface area contributed by atoms with Gasteiger partial charge in [-0.25, -0.2) is 9.37 Å². The molecule has 0 fully saturated rings. The highest BCUT2D eigenvalue weighted by Gasteiger charge is 2.38. The Kier molecular flexibility index (Phi) is 5.17. The minimum atomic E-state index is -4.95. The number of nitrogens with one attached hydrogen (secondary N) is 1. The maximum atomic E-state index is 13.2. The van der Waals surface area contributed by atoms with E-state index >= 15 is 0 Å². The Labute approximate surface area is 156 Å². The van der Waals surface area contributed by atoms with Gasteiger partial charge in [0.25, 0.3) is 5.56 Å². The van der Waals surface area contributed by atoms with E-state index in [0.717, 1.165) is 4.57 Å². The number of alkyl halides is 3. The molecule has 1 heterocycles. The second-order valence-electron chi connectivity index (χ2n) is 6.14. The zero-order valence-corrected chi connectivity index (χ0v) is 14.6. The van der Waals surface area contributed by atoms with Gasteiger partial charge < -0.3 is 5.32 Å². The van der Waals surface area contributed by atoms with Crippen LogP contribution in [0.4, 0.5) is 17.6 Å². The number of amides is 1. The molecule has 0 aliphatic rings. The smallest absolute Gasteiger partial charge is 0.350 e. The fourth-order valence-corrected chi connectivity index (χ4v) is 2.78. The van der Waals surface area contributed by atoms with Crippen LogP contribution in [0.15, 0.2) is 53.3 Å². The van der Waals surface area contributed by atoms with Crippen molar-refractivity contribution in [3.8, 4) is 0 Å². The first kappa shape index (κ1) is 19.5. The minimum Gasteiger partial charge on any atom is -0.350 e. The lowest BCUT2D eigenvalue weighted by Crippen LogP contribution is -2.38. The molecule has 146 valence electrons. The van der Waals surface area contributed by atoms with E-state index in [1.54, 1.807) is 0 Å². The number of carbonyl (C=O) groups is 1. The largest absolute Gasteiger partial charge is 0.438 e.